The molecule has 0 aliphatic heterocycles. The van der Waals surface area contributed by atoms with Gasteiger partial charge < -0.3 is 10.6 Å². The number of amides is 2. The van der Waals surface area contributed by atoms with Gasteiger partial charge in [-0.05, 0) is 30.3 Å². The number of anilines is 2. The largest absolute Gasteiger partial charge is 0.326 e. The molecule has 0 spiro atoms. The van der Waals surface area contributed by atoms with E-state index in [4.69, 9.17) is 23.2 Å². The Balaban J connectivity index is 2.26. The number of carbonyl (C=O) groups excluding carboxylic acids is 2. The van der Waals surface area contributed by atoms with Crippen molar-refractivity contribution in [3.05, 3.63) is 52.1 Å². The number of aromatic nitrogens is 1. The molecule has 0 aliphatic rings. The van der Waals surface area contributed by atoms with Crippen LogP contribution < -0.4 is 10.6 Å². The van der Waals surface area contributed by atoms with E-state index in [1.807, 2.05) is 0 Å². The van der Waals surface area contributed by atoms with E-state index < -0.39 is 5.91 Å². The molecule has 0 aliphatic carbocycles. The highest BCUT2D eigenvalue weighted by Crippen LogP contribution is 2.23. The summed E-state index contributed by atoms with van der Waals surface area (Å²) in [5.74, 6) is -0.464. The van der Waals surface area contributed by atoms with Crippen LogP contribution in [-0.2, 0) is 4.79 Å². The van der Waals surface area contributed by atoms with Crippen LogP contribution in [0, 0.1) is 0 Å². The van der Waals surface area contributed by atoms with Crippen LogP contribution in [0.2, 0.25) is 10.0 Å². The van der Waals surface area contributed by atoms with E-state index in [9.17, 15) is 9.59 Å². The van der Waals surface area contributed by atoms with Crippen molar-refractivity contribution in [1.29, 1.82) is 0 Å². The van der Waals surface area contributed by atoms with Gasteiger partial charge in [0.1, 0.15) is 0 Å². The number of halogens is 2. The fourth-order valence-corrected chi connectivity index (χ4v) is 2.00. The van der Waals surface area contributed by atoms with Crippen LogP contribution in [0.15, 0.2) is 36.5 Å². The number of carbonyl (C=O) groups is 2. The van der Waals surface area contributed by atoms with Gasteiger partial charge in [0, 0.05) is 18.8 Å². The van der Waals surface area contributed by atoms with Crippen molar-refractivity contribution < 1.29 is 9.59 Å². The first-order valence-corrected chi connectivity index (χ1v) is 6.72. The molecule has 0 radical (unpaired) electrons. The van der Waals surface area contributed by atoms with Gasteiger partial charge in [0.25, 0.3) is 5.91 Å². The molecule has 1 aromatic heterocycles. The molecule has 108 valence electrons. The van der Waals surface area contributed by atoms with Crippen molar-refractivity contribution in [3.8, 4) is 0 Å². The minimum Gasteiger partial charge on any atom is -0.326 e. The SMILES string of the molecule is CC(=O)Nc1ccc(Cl)c(C(=O)Nc2ncccc2Cl)c1. The highest BCUT2D eigenvalue weighted by molar-refractivity contribution is 6.35. The Bertz CT molecular complexity index is 704. The third-order valence-electron chi connectivity index (χ3n) is 2.52. The zero-order valence-corrected chi connectivity index (χ0v) is 12.5. The lowest BCUT2D eigenvalue weighted by Crippen LogP contribution is -2.15. The molecule has 21 heavy (non-hydrogen) atoms. The Hall–Kier alpha value is -2.11. The summed E-state index contributed by atoms with van der Waals surface area (Å²) >= 11 is 11.9. The minimum absolute atomic E-state index is 0.213. The Kier molecular flexibility index (Phi) is 4.77. The number of rotatable bonds is 3. The predicted molar refractivity (Wildman–Crippen MR) is 83.0 cm³/mol. The van der Waals surface area contributed by atoms with Gasteiger partial charge in [-0.15, -0.1) is 0 Å². The molecule has 1 aromatic carbocycles. The molecule has 5 nitrogen and oxygen atoms in total. The van der Waals surface area contributed by atoms with Crippen LogP contribution >= 0.6 is 23.2 Å². The maximum absolute atomic E-state index is 12.2. The van der Waals surface area contributed by atoms with Gasteiger partial charge in [-0.25, -0.2) is 4.98 Å². The van der Waals surface area contributed by atoms with Gasteiger partial charge in [-0.3, -0.25) is 9.59 Å². The van der Waals surface area contributed by atoms with E-state index in [-0.39, 0.29) is 22.3 Å². The minimum atomic E-state index is -0.465. The zero-order chi connectivity index (χ0) is 15.4. The monoisotopic (exact) mass is 323 g/mol. The van der Waals surface area contributed by atoms with Gasteiger partial charge in [-0.2, -0.15) is 0 Å². The normalized spacial score (nSPS) is 10.0. The van der Waals surface area contributed by atoms with Crippen LogP contribution in [0.5, 0.6) is 0 Å². The average molecular weight is 324 g/mol. The first-order chi connectivity index (χ1) is 9.97. The summed E-state index contributed by atoms with van der Waals surface area (Å²) in [5, 5.41) is 5.73. The molecule has 2 aromatic rings. The maximum Gasteiger partial charge on any atom is 0.258 e. The van der Waals surface area contributed by atoms with Gasteiger partial charge in [0.2, 0.25) is 5.91 Å². The first-order valence-electron chi connectivity index (χ1n) is 5.96. The first kappa shape index (κ1) is 15.3. The highest BCUT2D eigenvalue weighted by Gasteiger charge is 2.14. The summed E-state index contributed by atoms with van der Waals surface area (Å²) in [6.07, 6.45) is 1.51. The lowest BCUT2D eigenvalue weighted by atomic mass is 10.2. The van der Waals surface area contributed by atoms with Gasteiger partial charge in [0.15, 0.2) is 5.82 Å². The van der Waals surface area contributed by atoms with E-state index in [0.717, 1.165) is 0 Å². The molecule has 2 rings (SSSR count). The molecule has 2 amide bonds. The molecule has 2 N–H and O–H groups in total. The van der Waals surface area contributed by atoms with Crippen molar-refractivity contribution in [2.24, 2.45) is 0 Å². The molecular weight excluding hydrogens is 313 g/mol. The standard InChI is InChI=1S/C14H11Cl2N3O2/c1-8(20)18-9-4-5-11(15)10(7-9)14(21)19-13-12(16)3-2-6-17-13/h2-7H,1H3,(H,18,20)(H,17,19,21). The van der Waals surface area contributed by atoms with Crippen LogP contribution in [-0.4, -0.2) is 16.8 Å². The third kappa shape index (κ3) is 3.93. The van der Waals surface area contributed by atoms with E-state index in [0.29, 0.717) is 10.7 Å². The van der Waals surface area contributed by atoms with Crippen molar-refractivity contribution in [1.82, 2.24) is 4.98 Å². The molecule has 0 unspecified atom stereocenters. The van der Waals surface area contributed by atoms with Crippen LogP contribution in [0.25, 0.3) is 0 Å². The Morgan fingerprint density at radius 1 is 1.10 bits per heavy atom. The van der Waals surface area contributed by atoms with E-state index in [1.54, 1.807) is 18.2 Å². The highest BCUT2D eigenvalue weighted by atomic mass is 35.5. The smallest absolute Gasteiger partial charge is 0.258 e. The number of nitrogens with one attached hydrogen (secondary N) is 2. The third-order valence-corrected chi connectivity index (χ3v) is 3.16. The van der Waals surface area contributed by atoms with Gasteiger partial charge >= 0.3 is 0 Å². The average Bonchev–Trinajstić information content (AvgIpc) is 2.43. The lowest BCUT2D eigenvalue weighted by Gasteiger charge is -2.09. The number of hydrogen-bond acceptors (Lipinski definition) is 3. The summed E-state index contributed by atoms with van der Waals surface area (Å²) in [7, 11) is 0. The second kappa shape index (κ2) is 6.56. The Morgan fingerprint density at radius 3 is 2.52 bits per heavy atom. The van der Waals surface area contributed by atoms with Crippen LogP contribution in [0.3, 0.4) is 0 Å². The van der Waals surface area contributed by atoms with Crippen LogP contribution in [0.4, 0.5) is 11.5 Å². The number of pyridine rings is 1. The Labute approximate surface area is 131 Å². The number of nitrogens with zero attached hydrogens (tertiary/aromatic N) is 1. The molecule has 7 heteroatoms. The molecule has 0 saturated heterocycles. The maximum atomic E-state index is 12.2. The van der Waals surface area contributed by atoms with E-state index in [2.05, 4.69) is 15.6 Å². The fraction of sp³-hybridized carbons (Fsp3) is 0.0714. The number of benzene rings is 1. The summed E-state index contributed by atoms with van der Waals surface area (Å²) in [6, 6.07) is 7.88. The molecule has 0 fully saturated rings. The zero-order valence-electron chi connectivity index (χ0n) is 11.0. The molecular formula is C14H11Cl2N3O2. The van der Waals surface area contributed by atoms with Crippen molar-refractivity contribution in [3.63, 3.8) is 0 Å². The molecule has 1 heterocycles. The number of hydrogen-bond donors (Lipinski definition) is 2. The second-order valence-electron chi connectivity index (χ2n) is 4.16. The fourth-order valence-electron chi connectivity index (χ4n) is 1.63. The molecule has 0 atom stereocenters. The summed E-state index contributed by atoms with van der Waals surface area (Å²) in [5.41, 5.74) is 0.689. The topological polar surface area (TPSA) is 71.1 Å². The summed E-state index contributed by atoms with van der Waals surface area (Å²) in [4.78, 5) is 27.2. The van der Waals surface area contributed by atoms with E-state index in [1.165, 1.54) is 25.3 Å². The summed E-state index contributed by atoms with van der Waals surface area (Å²) in [6.45, 7) is 1.38. The molecule has 0 bridgehead atoms. The molecule has 0 saturated carbocycles. The van der Waals surface area contributed by atoms with Crippen LogP contribution in [0.1, 0.15) is 17.3 Å². The second-order valence-corrected chi connectivity index (χ2v) is 4.98. The van der Waals surface area contributed by atoms with Crippen molar-refractivity contribution >= 4 is 46.5 Å². The summed E-state index contributed by atoms with van der Waals surface area (Å²) < 4.78 is 0. The van der Waals surface area contributed by atoms with Crippen molar-refractivity contribution in [2.75, 3.05) is 10.6 Å². The van der Waals surface area contributed by atoms with Crippen molar-refractivity contribution in [2.45, 2.75) is 6.92 Å². The van der Waals surface area contributed by atoms with Gasteiger partial charge in [-0.1, -0.05) is 23.2 Å². The van der Waals surface area contributed by atoms with E-state index >= 15 is 0 Å². The Morgan fingerprint density at radius 2 is 1.86 bits per heavy atom. The quantitative estimate of drug-likeness (QED) is 0.906. The predicted octanol–water partition coefficient (Wildman–Crippen LogP) is 3.60. The lowest BCUT2D eigenvalue weighted by molar-refractivity contribution is -0.114. The van der Waals surface area contributed by atoms with Gasteiger partial charge in [0.05, 0.1) is 15.6 Å².